The van der Waals surface area contributed by atoms with Crippen molar-refractivity contribution in [1.82, 2.24) is 0 Å². The molecule has 0 aromatic heterocycles. The van der Waals surface area contributed by atoms with Gasteiger partial charge in [-0.05, 0) is 43.0 Å². The number of hydrogen-bond acceptors (Lipinski definition) is 2. The zero-order valence-electron chi connectivity index (χ0n) is 8.29. The van der Waals surface area contributed by atoms with E-state index in [9.17, 15) is 4.79 Å². The van der Waals surface area contributed by atoms with Gasteiger partial charge in [0.2, 0.25) is 5.91 Å². The van der Waals surface area contributed by atoms with Crippen molar-refractivity contribution in [1.29, 1.82) is 0 Å². The maximum absolute atomic E-state index is 11.4. The molecule has 15 heavy (non-hydrogen) atoms. The lowest BCUT2D eigenvalue weighted by molar-refractivity contribution is -0.117. The maximum atomic E-state index is 11.4. The Morgan fingerprint density at radius 1 is 1.33 bits per heavy atom. The van der Waals surface area contributed by atoms with Gasteiger partial charge in [-0.15, -0.1) is 0 Å². The van der Waals surface area contributed by atoms with Crippen LogP contribution >= 0.6 is 0 Å². The third-order valence-corrected chi connectivity index (χ3v) is 2.32. The molecule has 1 amide bonds. The van der Waals surface area contributed by atoms with E-state index in [4.69, 9.17) is 5.73 Å². The Morgan fingerprint density at radius 3 is 2.53 bits per heavy atom. The maximum Gasteiger partial charge on any atom is 0.227 e. The predicted octanol–water partition coefficient (Wildman–Crippen LogP) is 1.30. The zero-order chi connectivity index (χ0) is 10.7. The van der Waals surface area contributed by atoms with Crippen molar-refractivity contribution >= 4 is 11.6 Å². The fraction of sp³-hybridized carbons (Fsp3) is 0.250. The molecule has 3 nitrogen and oxygen atoms in total. The van der Waals surface area contributed by atoms with E-state index in [-0.39, 0.29) is 11.8 Å². The minimum Gasteiger partial charge on any atom is -0.359 e. The largest absolute Gasteiger partial charge is 0.359 e. The molecule has 2 rings (SSSR count). The van der Waals surface area contributed by atoms with Gasteiger partial charge in [-0.2, -0.15) is 0 Å². The molecule has 3 heteroatoms. The predicted molar refractivity (Wildman–Crippen MR) is 58.9 cm³/mol. The minimum atomic E-state index is 0.118. The number of carbonyl (C=O) groups excluding carboxylic acids is 1. The standard InChI is InChI=1S/C12H12N2O/c13-8-7-9-1-5-11(6-2-9)14-12(15)10-3-4-10/h1-2,5-6,10H,3-4,13H2,(H,14,15). The molecule has 1 aromatic carbocycles. The molecular weight excluding hydrogens is 188 g/mol. The van der Waals surface area contributed by atoms with E-state index in [2.05, 4.69) is 17.3 Å². The fourth-order valence-electron chi connectivity index (χ4n) is 1.31. The molecule has 0 atom stereocenters. The Balaban J connectivity index is 2.02. The van der Waals surface area contributed by atoms with Crippen LogP contribution in [-0.4, -0.2) is 5.91 Å². The van der Waals surface area contributed by atoms with Gasteiger partial charge in [-0.3, -0.25) is 4.79 Å². The number of rotatable bonds is 2. The molecule has 0 radical (unpaired) electrons. The van der Waals surface area contributed by atoms with Gasteiger partial charge in [0.25, 0.3) is 0 Å². The van der Waals surface area contributed by atoms with Crippen molar-refractivity contribution in [3.63, 3.8) is 0 Å². The molecule has 0 saturated heterocycles. The van der Waals surface area contributed by atoms with Crippen LogP contribution in [0.1, 0.15) is 18.4 Å². The van der Waals surface area contributed by atoms with Gasteiger partial charge in [0, 0.05) is 23.2 Å². The van der Waals surface area contributed by atoms with Crippen molar-refractivity contribution in [3.8, 4) is 12.0 Å². The highest BCUT2D eigenvalue weighted by molar-refractivity contribution is 5.94. The lowest BCUT2D eigenvalue weighted by atomic mass is 10.2. The summed E-state index contributed by atoms with van der Waals surface area (Å²) in [5.41, 5.74) is 6.76. The van der Waals surface area contributed by atoms with Crippen LogP contribution in [0.4, 0.5) is 5.69 Å². The first-order chi connectivity index (χ1) is 7.29. The summed E-state index contributed by atoms with van der Waals surface area (Å²) in [6, 6.07) is 9.67. The highest BCUT2D eigenvalue weighted by atomic mass is 16.2. The highest BCUT2D eigenvalue weighted by Gasteiger charge is 2.29. The van der Waals surface area contributed by atoms with Crippen molar-refractivity contribution in [2.45, 2.75) is 12.8 Å². The molecule has 0 spiro atoms. The first-order valence-electron chi connectivity index (χ1n) is 4.92. The fourth-order valence-corrected chi connectivity index (χ4v) is 1.31. The molecule has 76 valence electrons. The van der Waals surface area contributed by atoms with Crippen LogP contribution < -0.4 is 11.1 Å². The first-order valence-corrected chi connectivity index (χ1v) is 4.92. The van der Waals surface area contributed by atoms with Crippen LogP contribution in [0.5, 0.6) is 0 Å². The topological polar surface area (TPSA) is 55.1 Å². The summed E-state index contributed by atoms with van der Waals surface area (Å²) in [5.74, 6) is 3.09. The average molecular weight is 200 g/mol. The number of nitrogens with one attached hydrogen (secondary N) is 1. The van der Waals surface area contributed by atoms with Crippen LogP contribution in [0.3, 0.4) is 0 Å². The molecular formula is C12H12N2O. The van der Waals surface area contributed by atoms with Crippen LogP contribution in [0.25, 0.3) is 0 Å². The van der Waals surface area contributed by atoms with Crippen LogP contribution in [0, 0.1) is 17.9 Å². The average Bonchev–Trinajstić information content (AvgIpc) is 3.04. The quantitative estimate of drug-likeness (QED) is 0.558. The lowest BCUT2D eigenvalue weighted by Gasteiger charge is -2.03. The molecule has 1 fully saturated rings. The Bertz CT molecular complexity index is 421. The first kappa shape index (κ1) is 9.60. The van der Waals surface area contributed by atoms with Crippen LogP contribution in [-0.2, 0) is 4.79 Å². The summed E-state index contributed by atoms with van der Waals surface area (Å²) in [5, 5.41) is 2.85. The summed E-state index contributed by atoms with van der Waals surface area (Å²) >= 11 is 0. The van der Waals surface area contributed by atoms with Gasteiger partial charge in [-0.1, -0.05) is 0 Å². The van der Waals surface area contributed by atoms with Gasteiger partial charge in [0.15, 0.2) is 0 Å². The Morgan fingerprint density at radius 2 is 2.00 bits per heavy atom. The van der Waals surface area contributed by atoms with Crippen molar-refractivity contribution in [2.75, 3.05) is 5.32 Å². The number of hydrogen-bond donors (Lipinski definition) is 2. The molecule has 1 aliphatic carbocycles. The van der Waals surface area contributed by atoms with E-state index in [0.717, 1.165) is 24.1 Å². The van der Waals surface area contributed by atoms with E-state index in [1.165, 1.54) is 0 Å². The van der Waals surface area contributed by atoms with E-state index in [1.54, 1.807) is 0 Å². The number of amides is 1. The summed E-state index contributed by atoms with van der Waals surface area (Å²) in [4.78, 5) is 11.4. The second-order valence-electron chi connectivity index (χ2n) is 3.61. The summed E-state index contributed by atoms with van der Waals surface area (Å²) in [6.07, 6.45) is 2.03. The van der Waals surface area contributed by atoms with Crippen molar-refractivity contribution in [3.05, 3.63) is 29.8 Å². The van der Waals surface area contributed by atoms with Gasteiger partial charge in [0.1, 0.15) is 0 Å². The molecule has 3 N–H and O–H groups in total. The molecule has 0 aliphatic heterocycles. The molecule has 1 saturated carbocycles. The number of benzene rings is 1. The third-order valence-electron chi connectivity index (χ3n) is 2.32. The number of carbonyl (C=O) groups is 1. The number of nitrogens with two attached hydrogens (primary N) is 1. The van der Waals surface area contributed by atoms with Gasteiger partial charge in [0.05, 0.1) is 0 Å². The summed E-state index contributed by atoms with van der Waals surface area (Å²) in [6.45, 7) is 0. The minimum absolute atomic E-state index is 0.118. The molecule has 1 aliphatic rings. The van der Waals surface area contributed by atoms with Crippen molar-refractivity contribution in [2.24, 2.45) is 11.7 Å². The highest BCUT2D eigenvalue weighted by Crippen LogP contribution is 2.30. The molecule has 0 heterocycles. The van der Waals surface area contributed by atoms with Crippen molar-refractivity contribution < 1.29 is 4.79 Å². The Kier molecular flexibility index (Phi) is 2.59. The molecule has 0 bridgehead atoms. The van der Waals surface area contributed by atoms with Crippen LogP contribution in [0.2, 0.25) is 0 Å². The Hall–Kier alpha value is -1.95. The van der Waals surface area contributed by atoms with Gasteiger partial charge in [-0.25, -0.2) is 0 Å². The zero-order valence-corrected chi connectivity index (χ0v) is 8.29. The second-order valence-corrected chi connectivity index (χ2v) is 3.61. The summed E-state index contributed by atoms with van der Waals surface area (Å²) in [7, 11) is 0. The Labute approximate surface area is 88.7 Å². The smallest absolute Gasteiger partial charge is 0.227 e. The SMILES string of the molecule is NC#Cc1ccc(NC(=O)C2CC2)cc1. The van der Waals surface area contributed by atoms with E-state index in [1.807, 2.05) is 24.3 Å². The van der Waals surface area contributed by atoms with E-state index in [0.29, 0.717) is 0 Å². The van der Waals surface area contributed by atoms with Crippen LogP contribution in [0.15, 0.2) is 24.3 Å². The van der Waals surface area contributed by atoms with E-state index >= 15 is 0 Å². The lowest BCUT2D eigenvalue weighted by Crippen LogP contribution is -2.12. The normalized spacial score (nSPS) is 13.9. The van der Waals surface area contributed by atoms with Gasteiger partial charge < -0.3 is 11.1 Å². The summed E-state index contributed by atoms with van der Waals surface area (Å²) < 4.78 is 0. The second kappa shape index (κ2) is 4.05. The molecule has 0 unspecified atom stereocenters. The van der Waals surface area contributed by atoms with E-state index < -0.39 is 0 Å². The third kappa shape index (κ3) is 2.50. The molecule has 1 aromatic rings. The monoisotopic (exact) mass is 200 g/mol. The number of anilines is 1. The van der Waals surface area contributed by atoms with Gasteiger partial charge >= 0.3 is 0 Å².